The SMILES string of the molecule is N#Cc1cccc2oc(C[C@@H]3C[C@@H](c4ccc(OC(F)F)c(O[C@@H]5CCOC5)c4)CNC3=O)nc12. The van der Waals surface area contributed by atoms with E-state index in [0.717, 1.165) is 5.56 Å². The van der Waals surface area contributed by atoms with Crippen molar-refractivity contribution in [2.75, 3.05) is 19.8 Å². The smallest absolute Gasteiger partial charge is 0.387 e. The number of hydrogen-bond donors (Lipinski definition) is 1. The first-order valence-electron chi connectivity index (χ1n) is 11.4. The van der Waals surface area contributed by atoms with E-state index in [4.69, 9.17) is 13.9 Å². The van der Waals surface area contributed by atoms with E-state index in [-0.39, 0.29) is 35.8 Å². The number of hydrogen-bond acceptors (Lipinski definition) is 7. The average Bonchev–Trinajstić information content (AvgIpc) is 3.50. The molecule has 3 heterocycles. The van der Waals surface area contributed by atoms with Crippen LogP contribution < -0.4 is 14.8 Å². The van der Waals surface area contributed by atoms with Crippen molar-refractivity contribution in [2.24, 2.45) is 5.92 Å². The molecule has 2 aliphatic rings. The summed E-state index contributed by atoms with van der Waals surface area (Å²) >= 11 is 0. The fourth-order valence-electron chi connectivity index (χ4n) is 4.56. The normalized spacial score (nSPS) is 22.2. The van der Waals surface area contributed by atoms with Gasteiger partial charge in [-0.15, -0.1) is 0 Å². The Morgan fingerprint density at radius 3 is 2.91 bits per heavy atom. The van der Waals surface area contributed by atoms with Crippen LogP contribution in [0.4, 0.5) is 8.78 Å². The molecule has 8 nitrogen and oxygen atoms in total. The van der Waals surface area contributed by atoms with Crippen molar-refractivity contribution in [3.63, 3.8) is 0 Å². The molecule has 2 aromatic carbocycles. The number of alkyl halides is 2. The highest BCUT2D eigenvalue weighted by Crippen LogP contribution is 2.37. The molecule has 0 radical (unpaired) electrons. The van der Waals surface area contributed by atoms with Crippen LogP contribution in [-0.4, -0.2) is 43.4 Å². The maximum absolute atomic E-state index is 12.9. The minimum atomic E-state index is -2.97. The van der Waals surface area contributed by atoms with Crippen molar-refractivity contribution in [2.45, 2.75) is 37.9 Å². The second-order valence-electron chi connectivity index (χ2n) is 8.64. The Morgan fingerprint density at radius 2 is 2.14 bits per heavy atom. The van der Waals surface area contributed by atoms with Gasteiger partial charge in [0.05, 0.1) is 18.8 Å². The molecule has 2 saturated heterocycles. The van der Waals surface area contributed by atoms with Gasteiger partial charge in [0, 0.05) is 31.2 Å². The highest BCUT2D eigenvalue weighted by atomic mass is 19.3. The Morgan fingerprint density at radius 1 is 1.26 bits per heavy atom. The van der Waals surface area contributed by atoms with E-state index in [9.17, 15) is 18.8 Å². The summed E-state index contributed by atoms with van der Waals surface area (Å²) in [5.41, 5.74) is 2.23. The van der Waals surface area contributed by atoms with Gasteiger partial charge in [0.1, 0.15) is 17.7 Å². The number of amides is 1. The third-order valence-corrected chi connectivity index (χ3v) is 6.30. The van der Waals surface area contributed by atoms with Crippen LogP contribution in [0.5, 0.6) is 11.5 Å². The Hall–Kier alpha value is -3.71. The number of ether oxygens (including phenoxy) is 3. The minimum Gasteiger partial charge on any atom is -0.484 e. The Labute approximate surface area is 199 Å². The van der Waals surface area contributed by atoms with E-state index >= 15 is 0 Å². The second-order valence-corrected chi connectivity index (χ2v) is 8.64. The van der Waals surface area contributed by atoms with Gasteiger partial charge in [-0.1, -0.05) is 12.1 Å². The molecule has 3 aromatic rings. The van der Waals surface area contributed by atoms with Crippen molar-refractivity contribution in [1.29, 1.82) is 5.26 Å². The maximum atomic E-state index is 12.9. The molecule has 1 N–H and O–H groups in total. The lowest BCUT2D eigenvalue weighted by Gasteiger charge is -2.29. The average molecular weight is 483 g/mol. The van der Waals surface area contributed by atoms with E-state index in [0.29, 0.717) is 55.2 Å². The monoisotopic (exact) mass is 483 g/mol. The molecule has 5 rings (SSSR count). The van der Waals surface area contributed by atoms with Crippen molar-refractivity contribution in [1.82, 2.24) is 10.3 Å². The van der Waals surface area contributed by atoms with Gasteiger partial charge in [-0.05, 0) is 36.2 Å². The predicted molar refractivity (Wildman–Crippen MR) is 119 cm³/mol. The molecule has 10 heteroatoms. The molecule has 182 valence electrons. The van der Waals surface area contributed by atoms with Gasteiger partial charge in [-0.25, -0.2) is 4.98 Å². The number of piperidine rings is 1. The van der Waals surface area contributed by atoms with Crippen LogP contribution in [0, 0.1) is 17.2 Å². The van der Waals surface area contributed by atoms with Gasteiger partial charge in [-0.2, -0.15) is 14.0 Å². The molecule has 2 fully saturated rings. The van der Waals surface area contributed by atoms with E-state index in [1.54, 1.807) is 30.3 Å². The summed E-state index contributed by atoms with van der Waals surface area (Å²) in [6, 6.07) is 12.1. The van der Waals surface area contributed by atoms with Gasteiger partial charge in [0.15, 0.2) is 23.0 Å². The summed E-state index contributed by atoms with van der Waals surface area (Å²) in [5, 5.41) is 12.2. The predicted octanol–water partition coefficient (Wildman–Crippen LogP) is 3.93. The van der Waals surface area contributed by atoms with Crippen LogP contribution in [0.2, 0.25) is 0 Å². The Balaban J connectivity index is 1.35. The van der Waals surface area contributed by atoms with Gasteiger partial charge in [-0.3, -0.25) is 4.79 Å². The molecular weight excluding hydrogens is 460 g/mol. The number of carbonyl (C=O) groups is 1. The summed E-state index contributed by atoms with van der Waals surface area (Å²) in [7, 11) is 0. The topological polar surface area (TPSA) is 107 Å². The Kier molecular flexibility index (Phi) is 6.51. The fraction of sp³-hybridized carbons (Fsp3) is 0.400. The zero-order valence-electron chi connectivity index (χ0n) is 18.7. The van der Waals surface area contributed by atoms with E-state index < -0.39 is 12.5 Å². The van der Waals surface area contributed by atoms with Crippen molar-refractivity contribution in [3.8, 4) is 17.6 Å². The molecule has 1 aromatic heterocycles. The molecule has 3 atom stereocenters. The maximum Gasteiger partial charge on any atom is 0.387 e. The van der Waals surface area contributed by atoms with Crippen LogP contribution in [0.1, 0.15) is 35.8 Å². The van der Waals surface area contributed by atoms with Crippen LogP contribution in [-0.2, 0) is 16.0 Å². The lowest BCUT2D eigenvalue weighted by molar-refractivity contribution is -0.127. The summed E-state index contributed by atoms with van der Waals surface area (Å²) in [6.45, 7) is -1.63. The number of halogens is 2. The number of oxazole rings is 1. The van der Waals surface area contributed by atoms with Gasteiger partial charge >= 0.3 is 6.61 Å². The van der Waals surface area contributed by atoms with E-state index in [1.807, 2.05) is 0 Å². The number of aromatic nitrogens is 1. The van der Waals surface area contributed by atoms with Crippen molar-refractivity contribution in [3.05, 3.63) is 53.4 Å². The molecule has 2 aliphatic heterocycles. The highest BCUT2D eigenvalue weighted by molar-refractivity contribution is 5.81. The molecular formula is C25H23F2N3O5. The molecule has 0 bridgehead atoms. The van der Waals surface area contributed by atoms with Crippen LogP contribution in [0.3, 0.4) is 0 Å². The van der Waals surface area contributed by atoms with Crippen LogP contribution in [0.15, 0.2) is 40.8 Å². The van der Waals surface area contributed by atoms with Crippen LogP contribution in [0.25, 0.3) is 11.1 Å². The van der Waals surface area contributed by atoms with Crippen molar-refractivity contribution >= 4 is 17.0 Å². The van der Waals surface area contributed by atoms with E-state index in [1.165, 1.54) is 6.07 Å². The zero-order valence-corrected chi connectivity index (χ0v) is 18.7. The molecule has 0 unspecified atom stereocenters. The molecule has 0 aliphatic carbocycles. The number of benzene rings is 2. The van der Waals surface area contributed by atoms with Crippen molar-refractivity contribution < 1.29 is 32.2 Å². The third-order valence-electron chi connectivity index (χ3n) is 6.30. The fourth-order valence-corrected chi connectivity index (χ4v) is 4.56. The molecule has 0 spiro atoms. The summed E-state index contributed by atoms with van der Waals surface area (Å²) in [5.74, 6) is -0.00584. The summed E-state index contributed by atoms with van der Waals surface area (Å²) in [6.07, 6.45) is 1.22. The first kappa shape index (κ1) is 23.1. The number of carbonyl (C=O) groups excluding carboxylic acids is 1. The summed E-state index contributed by atoms with van der Waals surface area (Å²) in [4.78, 5) is 17.0. The number of nitriles is 1. The number of nitrogens with one attached hydrogen (secondary N) is 1. The molecule has 1 amide bonds. The zero-order chi connectivity index (χ0) is 24.4. The van der Waals surface area contributed by atoms with Crippen LogP contribution >= 0.6 is 0 Å². The quantitative estimate of drug-likeness (QED) is 0.543. The number of fused-ring (bicyclic) bond motifs is 1. The van der Waals surface area contributed by atoms with E-state index in [2.05, 4.69) is 21.1 Å². The van der Waals surface area contributed by atoms with Gasteiger partial charge in [0.25, 0.3) is 0 Å². The number of para-hydroxylation sites is 1. The largest absolute Gasteiger partial charge is 0.484 e. The number of rotatable bonds is 7. The standard InChI is InChI=1S/C25H23F2N3O5/c26-25(27)35-19-5-4-14(9-21(19)33-18-6-7-32-13-18)17-8-16(24(31)29-12-17)10-22-30-23-15(11-28)2-1-3-20(23)34-22/h1-5,9,16-18,25H,6-8,10,12-13H2,(H,29,31)/t16-,17+,18+/m0/s1. The first-order chi connectivity index (χ1) is 17.0. The number of nitrogens with zero attached hydrogens (tertiary/aromatic N) is 2. The third kappa shape index (κ3) is 5.05. The van der Waals surface area contributed by atoms with Gasteiger partial charge < -0.3 is 23.9 Å². The highest BCUT2D eigenvalue weighted by Gasteiger charge is 2.32. The minimum absolute atomic E-state index is 0.0354. The van der Waals surface area contributed by atoms with Gasteiger partial charge in [0.2, 0.25) is 5.91 Å². The first-order valence-corrected chi connectivity index (χ1v) is 11.4. The molecule has 0 saturated carbocycles. The lowest BCUT2D eigenvalue weighted by atomic mass is 9.83. The summed E-state index contributed by atoms with van der Waals surface area (Å²) < 4.78 is 47.5. The Bertz CT molecular complexity index is 1270. The lowest BCUT2D eigenvalue weighted by Crippen LogP contribution is -2.41. The molecule has 35 heavy (non-hydrogen) atoms. The second kappa shape index (κ2) is 9.88.